The van der Waals surface area contributed by atoms with Gasteiger partial charge in [0.2, 0.25) is 0 Å². The van der Waals surface area contributed by atoms with Crippen molar-refractivity contribution in [1.82, 2.24) is 9.97 Å². The summed E-state index contributed by atoms with van der Waals surface area (Å²) in [6.07, 6.45) is 3.25. The highest BCUT2D eigenvalue weighted by atomic mass is 32.2. The van der Waals surface area contributed by atoms with E-state index < -0.39 is 0 Å². The van der Waals surface area contributed by atoms with Gasteiger partial charge in [-0.3, -0.25) is 4.98 Å². The largest absolute Gasteiger partial charge is 0.382 e. The van der Waals surface area contributed by atoms with Gasteiger partial charge in [0, 0.05) is 0 Å². The van der Waals surface area contributed by atoms with Crippen LogP contribution in [0, 0.1) is 0 Å². The molecule has 2 aromatic heterocycles. The van der Waals surface area contributed by atoms with Crippen molar-refractivity contribution in [3.63, 3.8) is 0 Å². The van der Waals surface area contributed by atoms with E-state index in [1.54, 1.807) is 35.5 Å². The predicted octanol–water partition coefficient (Wildman–Crippen LogP) is 2.27. The van der Waals surface area contributed by atoms with Gasteiger partial charge < -0.3 is 5.73 Å². The molecule has 0 radical (unpaired) electrons. The Hall–Kier alpha value is -1.07. The average Bonchev–Trinajstić information content (AvgIpc) is 2.57. The zero-order valence-electron chi connectivity index (χ0n) is 6.68. The van der Waals surface area contributed by atoms with Crippen LogP contribution in [0.5, 0.6) is 0 Å². The first-order valence-electron chi connectivity index (χ1n) is 3.63. The van der Waals surface area contributed by atoms with E-state index in [1.807, 2.05) is 17.5 Å². The van der Waals surface area contributed by atoms with E-state index in [2.05, 4.69) is 9.97 Å². The van der Waals surface area contributed by atoms with E-state index >= 15 is 0 Å². The van der Waals surface area contributed by atoms with Gasteiger partial charge in [0.25, 0.3) is 0 Å². The van der Waals surface area contributed by atoms with Gasteiger partial charge in [0.1, 0.15) is 10.8 Å². The summed E-state index contributed by atoms with van der Waals surface area (Å²) in [7, 11) is 0. The van der Waals surface area contributed by atoms with Crippen LogP contribution in [0.15, 0.2) is 39.1 Å². The molecule has 0 fully saturated rings. The Labute approximate surface area is 84.0 Å². The van der Waals surface area contributed by atoms with Crippen LogP contribution in [0.25, 0.3) is 0 Å². The minimum atomic E-state index is 0.460. The second-order valence-corrected chi connectivity index (χ2v) is 4.58. The summed E-state index contributed by atoms with van der Waals surface area (Å²) in [4.78, 5) is 8.09. The van der Waals surface area contributed by atoms with Crippen LogP contribution in [0.4, 0.5) is 5.82 Å². The molecule has 0 aromatic carbocycles. The van der Waals surface area contributed by atoms with Gasteiger partial charge in [-0.1, -0.05) is 17.8 Å². The fourth-order valence-corrected chi connectivity index (χ4v) is 2.52. The number of thiophene rings is 1. The molecule has 0 aliphatic heterocycles. The van der Waals surface area contributed by atoms with Crippen LogP contribution in [0.2, 0.25) is 0 Å². The van der Waals surface area contributed by atoms with Gasteiger partial charge in [-0.15, -0.1) is 11.3 Å². The number of rotatable bonds is 2. The third-order valence-electron chi connectivity index (χ3n) is 1.33. The Bertz CT molecular complexity index is 386. The van der Waals surface area contributed by atoms with Gasteiger partial charge in [0.15, 0.2) is 0 Å². The van der Waals surface area contributed by atoms with Crippen LogP contribution in [0.1, 0.15) is 0 Å². The average molecular weight is 209 g/mol. The summed E-state index contributed by atoms with van der Waals surface area (Å²) < 4.78 is 1.19. The first-order valence-corrected chi connectivity index (χ1v) is 5.33. The highest BCUT2D eigenvalue weighted by Gasteiger charge is 1.99. The van der Waals surface area contributed by atoms with Crippen molar-refractivity contribution in [1.29, 1.82) is 0 Å². The molecule has 3 nitrogen and oxygen atoms in total. The maximum atomic E-state index is 5.50. The quantitative estimate of drug-likeness (QED) is 0.824. The van der Waals surface area contributed by atoms with Crippen molar-refractivity contribution < 1.29 is 0 Å². The molecule has 2 rings (SSSR count). The van der Waals surface area contributed by atoms with E-state index in [9.17, 15) is 0 Å². The lowest BCUT2D eigenvalue weighted by Crippen LogP contribution is -1.91. The van der Waals surface area contributed by atoms with Gasteiger partial charge in [0.05, 0.1) is 16.6 Å². The Kier molecular flexibility index (Phi) is 2.47. The van der Waals surface area contributed by atoms with Crippen molar-refractivity contribution in [2.45, 2.75) is 9.24 Å². The summed E-state index contributed by atoms with van der Waals surface area (Å²) in [6.45, 7) is 0. The van der Waals surface area contributed by atoms with Crippen molar-refractivity contribution in [3.8, 4) is 0 Å². The molecule has 0 aliphatic carbocycles. The first kappa shape index (κ1) is 8.52. The Morgan fingerprint density at radius 2 is 2.31 bits per heavy atom. The van der Waals surface area contributed by atoms with Crippen LogP contribution in [-0.4, -0.2) is 9.97 Å². The van der Waals surface area contributed by atoms with Crippen molar-refractivity contribution in [2.75, 3.05) is 5.73 Å². The molecule has 13 heavy (non-hydrogen) atoms. The van der Waals surface area contributed by atoms with Gasteiger partial charge in [-0.05, 0) is 11.4 Å². The zero-order valence-corrected chi connectivity index (χ0v) is 8.31. The summed E-state index contributed by atoms with van der Waals surface area (Å²) >= 11 is 3.25. The summed E-state index contributed by atoms with van der Waals surface area (Å²) in [5, 5.41) is 2.87. The van der Waals surface area contributed by atoms with E-state index in [4.69, 9.17) is 5.73 Å². The summed E-state index contributed by atoms with van der Waals surface area (Å²) in [5.41, 5.74) is 5.50. The maximum absolute atomic E-state index is 5.50. The second-order valence-electron chi connectivity index (χ2n) is 2.32. The molecule has 0 unspecified atom stereocenters. The Morgan fingerprint density at radius 1 is 1.38 bits per heavy atom. The molecule has 5 heteroatoms. The molecular weight excluding hydrogens is 202 g/mol. The highest BCUT2D eigenvalue weighted by Crippen LogP contribution is 2.29. The molecule has 2 N–H and O–H groups in total. The minimum Gasteiger partial charge on any atom is -0.382 e. The van der Waals surface area contributed by atoms with Gasteiger partial charge >= 0.3 is 0 Å². The van der Waals surface area contributed by atoms with Gasteiger partial charge in [-0.25, -0.2) is 4.98 Å². The molecule has 2 aromatic rings. The van der Waals surface area contributed by atoms with E-state index in [-0.39, 0.29) is 0 Å². The summed E-state index contributed by atoms with van der Waals surface area (Å²) in [5.74, 6) is 0.460. The summed E-state index contributed by atoms with van der Waals surface area (Å²) in [6, 6.07) is 4.05. The molecule has 0 bridgehead atoms. The van der Waals surface area contributed by atoms with E-state index in [0.29, 0.717) is 5.82 Å². The molecular formula is C8H7N3S2. The predicted molar refractivity (Wildman–Crippen MR) is 54.9 cm³/mol. The number of nitrogens with zero attached hydrogens (tertiary/aromatic N) is 2. The lowest BCUT2D eigenvalue weighted by molar-refractivity contribution is 1.07. The fourth-order valence-electron chi connectivity index (χ4n) is 0.836. The molecule has 0 amide bonds. The molecule has 0 spiro atoms. The zero-order chi connectivity index (χ0) is 9.10. The SMILES string of the molecule is Nc1cncc(Sc2cccs2)n1. The van der Waals surface area contributed by atoms with Crippen LogP contribution >= 0.6 is 23.1 Å². The van der Waals surface area contributed by atoms with E-state index in [1.165, 1.54) is 4.21 Å². The lowest BCUT2D eigenvalue weighted by atomic mass is 10.7. The van der Waals surface area contributed by atoms with Crippen molar-refractivity contribution in [3.05, 3.63) is 29.9 Å². The Balaban J connectivity index is 2.19. The number of hydrogen-bond acceptors (Lipinski definition) is 5. The standard InChI is InChI=1S/C8H7N3S2/c9-6-4-10-5-7(11-6)13-8-2-1-3-12-8/h1-5H,(H2,9,11). The minimum absolute atomic E-state index is 0.460. The topological polar surface area (TPSA) is 51.8 Å². The van der Waals surface area contributed by atoms with Crippen molar-refractivity contribution >= 4 is 28.9 Å². The second kappa shape index (κ2) is 3.76. The number of anilines is 1. The van der Waals surface area contributed by atoms with Crippen LogP contribution in [-0.2, 0) is 0 Å². The van der Waals surface area contributed by atoms with Gasteiger partial charge in [-0.2, -0.15) is 0 Å². The molecule has 2 heterocycles. The van der Waals surface area contributed by atoms with Crippen LogP contribution in [0.3, 0.4) is 0 Å². The number of nitrogen functional groups attached to an aromatic ring is 1. The monoisotopic (exact) mass is 209 g/mol. The lowest BCUT2D eigenvalue weighted by Gasteiger charge is -1.96. The molecule has 0 atom stereocenters. The van der Waals surface area contributed by atoms with Crippen molar-refractivity contribution in [2.24, 2.45) is 0 Å². The molecule has 0 saturated heterocycles. The maximum Gasteiger partial charge on any atom is 0.143 e. The number of nitrogens with two attached hydrogens (primary N) is 1. The third-order valence-corrected chi connectivity index (χ3v) is 3.27. The fraction of sp³-hybridized carbons (Fsp3) is 0. The Morgan fingerprint density at radius 3 is 3.00 bits per heavy atom. The number of hydrogen-bond donors (Lipinski definition) is 1. The first-order chi connectivity index (χ1) is 6.34. The highest BCUT2D eigenvalue weighted by molar-refractivity contribution is 8.01. The normalized spacial score (nSPS) is 10.2. The van der Waals surface area contributed by atoms with E-state index in [0.717, 1.165) is 5.03 Å². The molecule has 66 valence electrons. The van der Waals surface area contributed by atoms with Crippen LogP contribution < -0.4 is 5.73 Å². The molecule has 0 aliphatic rings. The third kappa shape index (κ3) is 2.19. The smallest absolute Gasteiger partial charge is 0.143 e. The molecule has 0 saturated carbocycles. The number of aromatic nitrogens is 2.